The van der Waals surface area contributed by atoms with E-state index < -0.39 is 18.0 Å². The Morgan fingerprint density at radius 2 is 1.77 bits per heavy atom. The van der Waals surface area contributed by atoms with Crippen LogP contribution in [0.2, 0.25) is 5.02 Å². The highest BCUT2D eigenvalue weighted by Gasteiger charge is 2.35. The second-order valence-electron chi connectivity index (χ2n) is 7.27. The van der Waals surface area contributed by atoms with Gasteiger partial charge < -0.3 is 9.64 Å². The Hall–Kier alpha value is -2.93. The molecule has 0 bridgehead atoms. The number of alkyl halides is 2. The van der Waals surface area contributed by atoms with Crippen LogP contribution in [-0.4, -0.2) is 26.6 Å². The summed E-state index contributed by atoms with van der Waals surface area (Å²) in [5.41, 5.74) is 0.378. The van der Waals surface area contributed by atoms with E-state index >= 15 is 0 Å². The summed E-state index contributed by atoms with van der Waals surface area (Å²) in [6, 6.07) is 14.5. The minimum absolute atomic E-state index is 0.0397. The van der Waals surface area contributed by atoms with Crippen LogP contribution in [0.25, 0.3) is 0 Å². The second kappa shape index (κ2) is 8.44. The van der Waals surface area contributed by atoms with Crippen LogP contribution >= 0.6 is 11.6 Å². The van der Waals surface area contributed by atoms with E-state index in [4.69, 9.17) is 16.3 Å². The molecule has 30 heavy (non-hydrogen) atoms. The second-order valence-corrected chi connectivity index (χ2v) is 7.70. The van der Waals surface area contributed by atoms with Crippen molar-refractivity contribution in [1.29, 1.82) is 0 Å². The molecule has 0 aliphatic heterocycles. The Labute approximate surface area is 177 Å². The molecule has 1 aliphatic rings. The van der Waals surface area contributed by atoms with Crippen LogP contribution < -0.4 is 4.74 Å². The van der Waals surface area contributed by atoms with Gasteiger partial charge in [0.1, 0.15) is 17.2 Å². The largest absolute Gasteiger partial charge is 0.457 e. The Morgan fingerprint density at radius 1 is 1.17 bits per heavy atom. The molecule has 0 saturated heterocycles. The first-order valence-corrected chi connectivity index (χ1v) is 9.93. The molecule has 1 aliphatic carbocycles. The topological polar surface area (TPSA) is 47.4 Å². The fourth-order valence-corrected chi connectivity index (χ4v) is 3.36. The average molecular weight is 432 g/mol. The smallest absolute Gasteiger partial charge is 0.282 e. The Bertz CT molecular complexity index is 1030. The molecule has 1 fully saturated rings. The van der Waals surface area contributed by atoms with Gasteiger partial charge in [-0.25, -0.2) is 8.78 Å². The number of benzene rings is 2. The summed E-state index contributed by atoms with van der Waals surface area (Å²) < 4.78 is 33.6. The van der Waals surface area contributed by atoms with E-state index in [1.165, 1.54) is 17.9 Å². The highest BCUT2D eigenvalue weighted by Crippen LogP contribution is 2.32. The maximum atomic E-state index is 13.3. The van der Waals surface area contributed by atoms with Gasteiger partial charge in [0.15, 0.2) is 0 Å². The van der Waals surface area contributed by atoms with Crippen molar-refractivity contribution < 1.29 is 18.3 Å². The third-order valence-electron chi connectivity index (χ3n) is 4.87. The van der Waals surface area contributed by atoms with Crippen LogP contribution in [0, 0.1) is 0 Å². The van der Waals surface area contributed by atoms with Crippen molar-refractivity contribution in [2.75, 3.05) is 0 Å². The standard InChI is InChI=1S/C22H20ClF2N3O2/c1-27-13-19(20(26-27)21(24)25)22(29)28(16-6-7-16)12-14-2-8-17(9-3-14)30-18-10-4-15(23)5-11-18/h2-5,8-11,13,16,21H,6-7,12H2,1H3. The van der Waals surface area contributed by atoms with Crippen molar-refractivity contribution in [3.8, 4) is 11.5 Å². The minimum atomic E-state index is -2.80. The summed E-state index contributed by atoms with van der Waals surface area (Å²) >= 11 is 5.88. The molecule has 4 rings (SSSR count). The zero-order valence-electron chi connectivity index (χ0n) is 16.3. The highest BCUT2D eigenvalue weighted by atomic mass is 35.5. The summed E-state index contributed by atoms with van der Waals surface area (Å²) in [5.74, 6) is 0.901. The van der Waals surface area contributed by atoms with Gasteiger partial charge >= 0.3 is 0 Å². The maximum absolute atomic E-state index is 13.3. The molecule has 8 heteroatoms. The normalized spacial score (nSPS) is 13.5. The SMILES string of the molecule is Cn1cc(C(=O)N(Cc2ccc(Oc3ccc(Cl)cc3)cc2)C2CC2)c(C(F)F)n1. The predicted molar refractivity (Wildman–Crippen MR) is 109 cm³/mol. The number of aromatic nitrogens is 2. The number of ether oxygens (including phenoxy) is 1. The van der Waals surface area contributed by atoms with E-state index in [0.29, 0.717) is 23.1 Å². The van der Waals surface area contributed by atoms with Crippen LogP contribution in [0.1, 0.15) is 40.9 Å². The van der Waals surface area contributed by atoms with Gasteiger partial charge in [-0.1, -0.05) is 23.7 Å². The molecule has 3 aromatic rings. The molecule has 0 unspecified atom stereocenters. The van der Waals surface area contributed by atoms with E-state index in [2.05, 4.69) is 5.10 Å². The monoisotopic (exact) mass is 431 g/mol. The fraction of sp³-hybridized carbons (Fsp3) is 0.273. The number of nitrogens with zero attached hydrogens (tertiary/aromatic N) is 3. The molecule has 5 nitrogen and oxygen atoms in total. The zero-order valence-corrected chi connectivity index (χ0v) is 17.0. The van der Waals surface area contributed by atoms with Gasteiger partial charge in [-0.3, -0.25) is 9.48 Å². The molecular formula is C22H20ClF2N3O2. The van der Waals surface area contributed by atoms with Crippen LogP contribution in [0.3, 0.4) is 0 Å². The molecule has 1 aromatic heterocycles. The van der Waals surface area contributed by atoms with Gasteiger partial charge in [0.25, 0.3) is 12.3 Å². The molecule has 0 spiro atoms. The first kappa shape index (κ1) is 20.3. The van der Waals surface area contributed by atoms with Gasteiger partial charge in [-0.05, 0) is 54.8 Å². The minimum Gasteiger partial charge on any atom is -0.457 e. The summed E-state index contributed by atoms with van der Waals surface area (Å²) in [7, 11) is 1.53. The number of halogens is 3. The van der Waals surface area contributed by atoms with E-state index in [0.717, 1.165) is 18.4 Å². The fourth-order valence-electron chi connectivity index (χ4n) is 3.24. The molecule has 156 valence electrons. The molecule has 1 saturated carbocycles. The third kappa shape index (κ3) is 4.62. The molecule has 1 amide bonds. The summed E-state index contributed by atoms with van der Waals surface area (Å²) in [6.45, 7) is 0.336. The lowest BCUT2D eigenvalue weighted by Crippen LogP contribution is -2.33. The lowest BCUT2D eigenvalue weighted by Gasteiger charge is -2.22. The summed E-state index contributed by atoms with van der Waals surface area (Å²) in [5, 5.41) is 4.38. The van der Waals surface area contributed by atoms with Crippen molar-refractivity contribution in [2.24, 2.45) is 7.05 Å². The Morgan fingerprint density at radius 3 is 2.33 bits per heavy atom. The molecule has 0 radical (unpaired) electrons. The van der Waals surface area contributed by atoms with Gasteiger partial charge in [-0.15, -0.1) is 0 Å². The first-order chi connectivity index (χ1) is 14.4. The van der Waals surface area contributed by atoms with Crippen LogP contribution in [-0.2, 0) is 13.6 Å². The third-order valence-corrected chi connectivity index (χ3v) is 5.12. The Balaban J connectivity index is 1.48. The van der Waals surface area contributed by atoms with Crippen LogP contribution in [0.15, 0.2) is 54.7 Å². The zero-order chi connectivity index (χ0) is 21.3. The average Bonchev–Trinajstić information content (AvgIpc) is 3.49. The van der Waals surface area contributed by atoms with Crippen molar-refractivity contribution in [3.63, 3.8) is 0 Å². The molecule has 0 N–H and O–H groups in total. The van der Waals surface area contributed by atoms with Crippen LogP contribution in [0.5, 0.6) is 11.5 Å². The first-order valence-electron chi connectivity index (χ1n) is 9.55. The lowest BCUT2D eigenvalue weighted by molar-refractivity contribution is 0.0717. The number of amides is 1. The lowest BCUT2D eigenvalue weighted by atomic mass is 10.1. The van der Waals surface area contributed by atoms with Crippen molar-refractivity contribution >= 4 is 17.5 Å². The number of rotatable bonds is 7. The number of carbonyl (C=O) groups is 1. The van der Waals surface area contributed by atoms with Crippen molar-refractivity contribution in [3.05, 3.63) is 76.6 Å². The molecular weight excluding hydrogens is 412 g/mol. The van der Waals surface area contributed by atoms with E-state index in [9.17, 15) is 13.6 Å². The number of carbonyl (C=O) groups excluding carboxylic acids is 1. The summed E-state index contributed by atoms with van der Waals surface area (Å²) in [6.07, 6.45) is 0.305. The highest BCUT2D eigenvalue weighted by molar-refractivity contribution is 6.30. The van der Waals surface area contributed by atoms with E-state index in [1.54, 1.807) is 29.2 Å². The number of hydrogen-bond donors (Lipinski definition) is 0. The van der Waals surface area contributed by atoms with Crippen molar-refractivity contribution in [2.45, 2.75) is 31.9 Å². The van der Waals surface area contributed by atoms with E-state index in [-0.39, 0.29) is 11.6 Å². The van der Waals surface area contributed by atoms with Gasteiger partial charge in [0.05, 0.1) is 5.56 Å². The van der Waals surface area contributed by atoms with Gasteiger partial charge in [0, 0.05) is 30.9 Å². The van der Waals surface area contributed by atoms with E-state index in [1.807, 2.05) is 24.3 Å². The number of hydrogen-bond acceptors (Lipinski definition) is 3. The quantitative estimate of drug-likeness (QED) is 0.488. The van der Waals surface area contributed by atoms with Crippen LogP contribution in [0.4, 0.5) is 8.78 Å². The molecule has 1 heterocycles. The van der Waals surface area contributed by atoms with Gasteiger partial charge in [-0.2, -0.15) is 5.10 Å². The maximum Gasteiger partial charge on any atom is 0.282 e. The Kier molecular flexibility index (Phi) is 5.72. The van der Waals surface area contributed by atoms with Crippen molar-refractivity contribution in [1.82, 2.24) is 14.7 Å². The number of aryl methyl sites for hydroxylation is 1. The summed E-state index contributed by atoms with van der Waals surface area (Å²) in [4.78, 5) is 14.7. The van der Waals surface area contributed by atoms with Gasteiger partial charge in [0.2, 0.25) is 0 Å². The molecule has 2 aromatic carbocycles. The molecule has 0 atom stereocenters. The predicted octanol–water partition coefficient (Wildman–Crippen LogP) is 5.61.